The van der Waals surface area contributed by atoms with E-state index >= 15 is 0 Å². The van der Waals surface area contributed by atoms with Crippen LogP contribution in [-0.2, 0) is 9.53 Å². The van der Waals surface area contributed by atoms with E-state index in [0.717, 1.165) is 43.7 Å². The molecule has 0 radical (unpaired) electrons. The van der Waals surface area contributed by atoms with E-state index in [0.29, 0.717) is 25.2 Å². The lowest BCUT2D eigenvalue weighted by atomic mass is 10.1. The van der Waals surface area contributed by atoms with E-state index in [-0.39, 0.29) is 17.9 Å². The first-order chi connectivity index (χ1) is 11.6. The fourth-order valence-electron chi connectivity index (χ4n) is 3.22. The third-order valence-electron chi connectivity index (χ3n) is 4.57. The highest BCUT2D eigenvalue weighted by Gasteiger charge is 2.21. The van der Waals surface area contributed by atoms with Gasteiger partial charge in [0, 0.05) is 43.3 Å². The van der Waals surface area contributed by atoms with Gasteiger partial charge in [-0.2, -0.15) is 0 Å². The number of hydrogen-bond donors (Lipinski definition) is 2. The van der Waals surface area contributed by atoms with Crippen molar-refractivity contribution in [3.05, 3.63) is 29.3 Å². The van der Waals surface area contributed by atoms with Crippen LogP contribution in [-0.4, -0.2) is 55.6 Å². The van der Waals surface area contributed by atoms with Crippen LogP contribution in [0.5, 0.6) is 0 Å². The van der Waals surface area contributed by atoms with E-state index in [1.807, 2.05) is 24.0 Å². The quantitative estimate of drug-likeness (QED) is 0.878. The molecule has 2 saturated heterocycles. The highest BCUT2D eigenvalue weighted by atomic mass is 16.5. The molecule has 2 amide bonds. The van der Waals surface area contributed by atoms with Crippen molar-refractivity contribution >= 4 is 17.5 Å². The number of anilines is 1. The van der Waals surface area contributed by atoms with E-state index in [9.17, 15) is 9.59 Å². The summed E-state index contributed by atoms with van der Waals surface area (Å²) < 4.78 is 5.36. The van der Waals surface area contributed by atoms with Crippen LogP contribution in [0.1, 0.15) is 35.2 Å². The predicted molar refractivity (Wildman–Crippen MR) is 92.2 cm³/mol. The Labute approximate surface area is 142 Å². The molecule has 2 heterocycles. The second kappa shape index (κ2) is 7.77. The first-order valence-electron chi connectivity index (χ1n) is 8.64. The molecule has 0 spiro atoms. The molecular formula is C18H25N3O3. The standard InChI is InChI=1S/C18H25N3O3/c1-13-10-14(18(23)21-7-2-3-8-21)4-5-16(13)20-17(22)11-15-12-24-9-6-19-15/h4-5,10,15,19H,2-3,6-9,11-12H2,1H3,(H,20,22). The van der Waals surface area contributed by atoms with Crippen molar-refractivity contribution in [1.29, 1.82) is 0 Å². The molecule has 3 rings (SSSR count). The Morgan fingerprint density at radius 1 is 1.33 bits per heavy atom. The molecule has 1 unspecified atom stereocenters. The van der Waals surface area contributed by atoms with E-state index in [4.69, 9.17) is 4.74 Å². The minimum atomic E-state index is -0.0419. The molecule has 2 fully saturated rings. The van der Waals surface area contributed by atoms with Gasteiger partial charge in [0.15, 0.2) is 0 Å². The zero-order valence-electron chi connectivity index (χ0n) is 14.1. The number of nitrogens with zero attached hydrogens (tertiary/aromatic N) is 1. The largest absolute Gasteiger partial charge is 0.378 e. The number of rotatable bonds is 4. The SMILES string of the molecule is Cc1cc(C(=O)N2CCCC2)ccc1NC(=O)CC1COCCN1. The molecule has 6 nitrogen and oxygen atoms in total. The minimum Gasteiger partial charge on any atom is -0.378 e. The number of amides is 2. The Bertz CT molecular complexity index is 606. The van der Waals surface area contributed by atoms with Gasteiger partial charge in [-0.25, -0.2) is 0 Å². The summed E-state index contributed by atoms with van der Waals surface area (Å²) in [7, 11) is 0. The molecule has 2 aliphatic rings. The van der Waals surface area contributed by atoms with Crippen LogP contribution < -0.4 is 10.6 Å². The number of carbonyl (C=O) groups excluding carboxylic acids is 2. The predicted octanol–water partition coefficient (Wildman–Crippen LogP) is 1.55. The highest BCUT2D eigenvalue weighted by molar-refractivity contribution is 5.96. The van der Waals surface area contributed by atoms with Gasteiger partial charge >= 0.3 is 0 Å². The molecule has 0 saturated carbocycles. The maximum absolute atomic E-state index is 12.4. The van der Waals surface area contributed by atoms with Gasteiger partial charge in [0.25, 0.3) is 5.91 Å². The molecule has 0 bridgehead atoms. The summed E-state index contributed by atoms with van der Waals surface area (Å²) in [5.41, 5.74) is 2.35. The molecule has 2 aliphatic heterocycles. The van der Waals surface area contributed by atoms with Gasteiger partial charge in [0.2, 0.25) is 5.91 Å². The number of morpholine rings is 1. The number of likely N-dealkylation sites (tertiary alicyclic amines) is 1. The molecule has 1 atom stereocenters. The van der Waals surface area contributed by atoms with Crippen molar-refractivity contribution in [2.75, 3.05) is 38.2 Å². The topological polar surface area (TPSA) is 70.7 Å². The normalized spacial score (nSPS) is 20.9. The zero-order valence-corrected chi connectivity index (χ0v) is 14.1. The zero-order chi connectivity index (χ0) is 16.9. The van der Waals surface area contributed by atoms with Crippen molar-refractivity contribution in [2.24, 2.45) is 0 Å². The summed E-state index contributed by atoms with van der Waals surface area (Å²) >= 11 is 0. The van der Waals surface area contributed by atoms with E-state index in [1.165, 1.54) is 0 Å². The summed E-state index contributed by atoms with van der Waals surface area (Å²) in [6, 6.07) is 5.54. The summed E-state index contributed by atoms with van der Waals surface area (Å²) in [4.78, 5) is 26.5. The minimum absolute atomic E-state index is 0.0419. The number of aryl methyl sites for hydroxylation is 1. The summed E-state index contributed by atoms with van der Waals surface area (Å²) in [5, 5.41) is 6.20. The average Bonchev–Trinajstić information content (AvgIpc) is 3.11. The lowest BCUT2D eigenvalue weighted by molar-refractivity contribution is -0.117. The van der Waals surface area contributed by atoms with Crippen molar-refractivity contribution in [3.63, 3.8) is 0 Å². The van der Waals surface area contributed by atoms with Crippen LogP contribution >= 0.6 is 0 Å². The summed E-state index contributed by atoms with van der Waals surface area (Å²) in [6.07, 6.45) is 2.55. The Morgan fingerprint density at radius 2 is 2.12 bits per heavy atom. The molecule has 130 valence electrons. The van der Waals surface area contributed by atoms with E-state index in [1.54, 1.807) is 6.07 Å². The smallest absolute Gasteiger partial charge is 0.253 e. The van der Waals surface area contributed by atoms with Gasteiger partial charge in [-0.1, -0.05) is 0 Å². The fraction of sp³-hybridized carbons (Fsp3) is 0.556. The van der Waals surface area contributed by atoms with Crippen LogP contribution in [0, 0.1) is 6.92 Å². The van der Waals surface area contributed by atoms with Crippen molar-refractivity contribution in [2.45, 2.75) is 32.2 Å². The second-order valence-electron chi connectivity index (χ2n) is 6.51. The molecule has 2 N–H and O–H groups in total. The lowest BCUT2D eigenvalue weighted by Crippen LogP contribution is -2.43. The molecular weight excluding hydrogens is 306 g/mol. The van der Waals surface area contributed by atoms with Crippen molar-refractivity contribution in [1.82, 2.24) is 10.2 Å². The second-order valence-corrected chi connectivity index (χ2v) is 6.51. The van der Waals surface area contributed by atoms with E-state index in [2.05, 4.69) is 10.6 Å². The number of ether oxygens (including phenoxy) is 1. The number of nitrogens with one attached hydrogen (secondary N) is 2. The van der Waals surface area contributed by atoms with Crippen LogP contribution in [0.25, 0.3) is 0 Å². The van der Waals surface area contributed by atoms with Gasteiger partial charge in [0.05, 0.1) is 13.2 Å². The van der Waals surface area contributed by atoms with Crippen LogP contribution in [0.4, 0.5) is 5.69 Å². The van der Waals surface area contributed by atoms with Gasteiger partial charge < -0.3 is 20.3 Å². The fourth-order valence-corrected chi connectivity index (χ4v) is 3.22. The molecule has 24 heavy (non-hydrogen) atoms. The van der Waals surface area contributed by atoms with Crippen molar-refractivity contribution in [3.8, 4) is 0 Å². The first kappa shape index (κ1) is 16.9. The van der Waals surface area contributed by atoms with Gasteiger partial charge in [-0.05, 0) is 43.5 Å². The lowest BCUT2D eigenvalue weighted by Gasteiger charge is -2.23. The number of benzene rings is 1. The average molecular weight is 331 g/mol. The molecule has 1 aromatic rings. The maximum atomic E-state index is 12.4. The number of hydrogen-bond acceptors (Lipinski definition) is 4. The van der Waals surface area contributed by atoms with Crippen LogP contribution in [0.2, 0.25) is 0 Å². The molecule has 6 heteroatoms. The van der Waals surface area contributed by atoms with Crippen LogP contribution in [0.15, 0.2) is 18.2 Å². The van der Waals surface area contributed by atoms with Gasteiger partial charge in [-0.3, -0.25) is 9.59 Å². The Balaban J connectivity index is 1.59. The van der Waals surface area contributed by atoms with Crippen molar-refractivity contribution < 1.29 is 14.3 Å². The van der Waals surface area contributed by atoms with Gasteiger partial charge in [-0.15, -0.1) is 0 Å². The number of carbonyl (C=O) groups is 2. The van der Waals surface area contributed by atoms with Gasteiger partial charge in [0.1, 0.15) is 0 Å². The third-order valence-corrected chi connectivity index (χ3v) is 4.57. The Kier molecular flexibility index (Phi) is 5.48. The van der Waals surface area contributed by atoms with E-state index < -0.39 is 0 Å². The van der Waals surface area contributed by atoms with Crippen LogP contribution in [0.3, 0.4) is 0 Å². The Hall–Kier alpha value is -1.92. The summed E-state index contributed by atoms with van der Waals surface area (Å²) in [6.45, 7) is 5.64. The molecule has 0 aromatic heterocycles. The maximum Gasteiger partial charge on any atom is 0.253 e. The third kappa shape index (κ3) is 4.13. The highest BCUT2D eigenvalue weighted by Crippen LogP contribution is 2.20. The monoisotopic (exact) mass is 331 g/mol. The summed E-state index contributed by atoms with van der Waals surface area (Å²) in [5.74, 6) is 0.0387. The Morgan fingerprint density at radius 3 is 2.79 bits per heavy atom. The molecule has 1 aromatic carbocycles. The molecule has 0 aliphatic carbocycles. The first-order valence-corrected chi connectivity index (χ1v) is 8.64.